The van der Waals surface area contributed by atoms with Gasteiger partial charge < -0.3 is 5.32 Å². The van der Waals surface area contributed by atoms with E-state index in [0.717, 1.165) is 17.2 Å². The van der Waals surface area contributed by atoms with Crippen LogP contribution >= 0.6 is 0 Å². The van der Waals surface area contributed by atoms with Gasteiger partial charge in [-0.15, -0.1) is 0 Å². The number of nitrogens with one attached hydrogen (secondary N) is 1. The molecule has 0 atom stereocenters. The summed E-state index contributed by atoms with van der Waals surface area (Å²) in [5.74, 6) is -0.0230. The van der Waals surface area contributed by atoms with E-state index in [0.29, 0.717) is 12.1 Å². The molecule has 108 valence electrons. The summed E-state index contributed by atoms with van der Waals surface area (Å²) >= 11 is 0. The van der Waals surface area contributed by atoms with E-state index in [2.05, 4.69) is 21.6 Å². The van der Waals surface area contributed by atoms with Gasteiger partial charge >= 0.3 is 0 Å². The molecule has 3 rings (SSSR count). The van der Waals surface area contributed by atoms with E-state index in [4.69, 9.17) is 0 Å². The second-order valence-corrected chi connectivity index (χ2v) is 5.45. The first kappa shape index (κ1) is 13.7. The summed E-state index contributed by atoms with van der Waals surface area (Å²) in [6.45, 7) is 0.706. The number of hydrogen-bond donors (Lipinski definition) is 1. The molecule has 0 spiro atoms. The average molecular weight is 281 g/mol. The number of carbonyl (C=O) groups excluding carboxylic acids is 1. The van der Waals surface area contributed by atoms with Gasteiger partial charge in [-0.05, 0) is 44.2 Å². The van der Waals surface area contributed by atoms with E-state index in [1.807, 2.05) is 18.2 Å². The molecule has 1 aliphatic carbocycles. The molecule has 1 aliphatic rings. The summed E-state index contributed by atoms with van der Waals surface area (Å²) in [5, 5.41) is 12.6. The van der Waals surface area contributed by atoms with Crippen LogP contribution in [0.2, 0.25) is 0 Å². The largest absolute Gasteiger partial charge is 0.352 e. The summed E-state index contributed by atoms with van der Waals surface area (Å²) < 4.78 is 0. The first-order valence-corrected chi connectivity index (χ1v) is 7.49. The van der Waals surface area contributed by atoms with Crippen LogP contribution in [0.25, 0.3) is 10.8 Å². The van der Waals surface area contributed by atoms with E-state index in [9.17, 15) is 4.79 Å². The minimum absolute atomic E-state index is 0.0230. The summed E-state index contributed by atoms with van der Waals surface area (Å²) in [5.41, 5.74) is 2.16. The van der Waals surface area contributed by atoms with Crippen LogP contribution in [0.1, 0.15) is 42.5 Å². The van der Waals surface area contributed by atoms with Crippen molar-refractivity contribution in [3.8, 4) is 0 Å². The first-order valence-electron chi connectivity index (χ1n) is 7.49. The number of amides is 1. The Balaban J connectivity index is 1.60. The first-order chi connectivity index (χ1) is 10.3. The van der Waals surface area contributed by atoms with E-state index in [-0.39, 0.29) is 5.91 Å². The van der Waals surface area contributed by atoms with Gasteiger partial charge in [-0.25, -0.2) is 0 Å². The van der Waals surface area contributed by atoms with Crippen molar-refractivity contribution >= 4 is 16.7 Å². The highest BCUT2D eigenvalue weighted by Gasteiger charge is 2.08. The average Bonchev–Trinajstić information content (AvgIpc) is 2.55. The fourth-order valence-corrected chi connectivity index (χ4v) is 2.71. The Morgan fingerprint density at radius 2 is 2.00 bits per heavy atom. The number of allylic oxidation sites excluding steroid dienone is 1. The molecule has 0 bridgehead atoms. The fourth-order valence-electron chi connectivity index (χ4n) is 2.71. The maximum Gasteiger partial charge on any atom is 0.251 e. The molecule has 0 unspecified atom stereocenters. The molecule has 4 nitrogen and oxygen atoms in total. The number of nitrogens with zero attached hydrogens (tertiary/aromatic N) is 2. The van der Waals surface area contributed by atoms with Crippen molar-refractivity contribution in [3.05, 3.63) is 47.8 Å². The van der Waals surface area contributed by atoms with E-state index in [1.54, 1.807) is 12.4 Å². The Morgan fingerprint density at radius 1 is 1.14 bits per heavy atom. The second kappa shape index (κ2) is 6.48. The van der Waals surface area contributed by atoms with Crippen LogP contribution in [0, 0.1) is 0 Å². The Bertz CT molecular complexity index is 679. The zero-order valence-electron chi connectivity index (χ0n) is 12.0. The lowest BCUT2D eigenvalue weighted by Crippen LogP contribution is -2.24. The van der Waals surface area contributed by atoms with Gasteiger partial charge in [0.2, 0.25) is 0 Å². The predicted molar refractivity (Wildman–Crippen MR) is 83.0 cm³/mol. The summed E-state index contributed by atoms with van der Waals surface area (Å²) in [6, 6.07) is 5.60. The lowest BCUT2D eigenvalue weighted by Gasteiger charge is -2.13. The van der Waals surface area contributed by atoms with Crippen LogP contribution < -0.4 is 5.32 Å². The van der Waals surface area contributed by atoms with Crippen molar-refractivity contribution in [3.63, 3.8) is 0 Å². The van der Waals surface area contributed by atoms with Gasteiger partial charge in [0.1, 0.15) is 0 Å². The lowest BCUT2D eigenvalue weighted by atomic mass is 9.97. The van der Waals surface area contributed by atoms with E-state index in [1.165, 1.54) is 31.3 Å². The molecule has 0 aliphatic heterocycles. The molecule has 1 aromatic carbocycles. The molecular formula is C17H19N3O. The molecule has 1 heterocycles. The Morgan fingerprint density at radius 3 is 2.81 bits per heavy atom. The molecule has 0 saturated carbocycles. The Hall–Kier alpha value is -2.23. The van der Waals surface area contributed by atoms with Gasteiger partial charge in [-0.1, -0.05) is 17.7 Å². The number of carbonyl (C=O) groups is 1. The molecule has 0 fully saturated rings. The fraction of sp³-hybridized carbons (Fsp3) is 0.353. The van der Waals surface area contributed by atoms with Gasteiger partial charge in [-0.3, -0.25) is 4.79 Å². The highest BCUT2D eigenvalue weighted by molar-refractivity contribution is 5.98. The monoisotopic (exact) mass is 281 g/mol. The van der Waals surface area contributed by atoms with E-state index < -0.39 is 0 Å². The van der Waals surface area contributed by atoms with E-state index >= 15 is 0 Å². The van der Waals surface area contributed by atoms with Crippen LogP contribution in [0.3, 0.4) is 0 Å². The summed E-state index contributed by atoms with van der Waals surface area (Å²) in [4.78, 5) is 12.2. The molecule has 0 radical (unpaired) electrons. The maximum absolute atomic E-state index is 12.2. The molecule has 0 saturated heterocycles. The van der Waals surface area contributed by atoms with Crippen LogP contribution in [0.5, 0.6) is 0 Å². The molecule has 1 aromatic heterocycles. The number of benzene rings is 1. The minimum Gasteiger partial charge on any atom is -0.352 e. The molecule has 2 aromatic rings. The SMILES string of the molecule is O=C(NCCC1=CCCCC1)c1ccc2cnncc2c1. The Kier molecular flexibility index (Phi) is 4.24. The van der Waals surface area contributed by atoms with Gasteiger partial charge in [0.25, 0.3) is 5.91 Å². The molecule has 1 N–H and O–H groups in total. The van der Waals surface area contributed by atoms with Gasteiger partial charge in [-0.2, -0.15) is 10.2 Å². The van der Waals surface area contributed by atoms with Gasteiger partial charge in [0, 0.05) is 22.9 Å². The van der Waals surface area contributed by atoms with Crippen molar-refractivity contribution in [2.45, 2.75) is 32.1 Å². The molecule has 4 heteroatoms. The smallest absolute Gasteiger partial charge is 0.251 e. The second-order valence-electron chi connectivity index (χ2n) is 5.45. The summed E-state index contributed by atoms with van der Waals surface area (Å²) in [6.07, 6.45) is 11.6. The Labute approximate surface area is 124 Å². The van der Waals surface area contributed by atoms with Crippen molar-refractivity contribution in [2.24, 2.45) is 0 Å². The lowest BCUT2D eigenvalue weighted by molar-refractivity contribution is 0.0954. The third kappa shape index (κ3) is 3.45. The van der Waals surface area contributed by atoms with Crippen LogP contribution in [0.4, 0.5) is 0 Å². The van der Waals surface area contributed by atoms with Crippen molar-refractivity contribution < 1.29 is 4.79 Å². The van der Waals surface area contributed by atoms with Crippen molar-refractivity contribution in [1.29, 1.82) is 0 Å². The number of hydrogen-bond acceptors (Lipinski definition) is 3. The summed E-state index contributed by atoms with van der Waals surface area (Å²) in [7, 11) is 0. The quantitative estimate of drug-likeness (QED) is 0.875. The van der Waals surface area contributed by atoms with Crippen LogP contribution in [0.15, 0.2) is 42.2 Å². The third-order valence-electron chi connectivity index (χ3n) is 3.93. The topological polar surface area (TPSA) is 54.9 Å². The molecule has 21 heavy (non-hydrogen) atoms. The van der Waals surface area contributed by atoms with Gasteiger partial charge in [0.15, 0.2) is 0 Å². The maximum atomic E-state index is 12.2. The minimum atomic E-state index is -0.0230. The van der Waals surface area contributed by atoms with Gasteiger partial charge in [0.05, 0.1) is 12.4 Å². The zero-order chi connectivity index (χ0) is 14.5. The number of rotatable bonds is 4. The van der Waals surface area contributed by atoms with Crippen LogP contribution in [-0.2, 0) is 0 Å². The normalized spacial score (nSPS) is 14.8. The van der Waals surface area contributed by atoms with Crippen molar-refractivity contribution in [1.82, 2.24) is 15.5 Å². The molecule has 1 amide bonds. The highest BCUT2D eigenvalue weighted by atomic mass is 16.1. The third-order valence-corrected chi connectivity index (χ3v) is 3.93. The standard InChI is InChI=1S/C17H19N3O/c21-17(18-9-8-13-4-2-1-3-5-13)14-6-7-15-11-19-20-12-16(15)10-14/h4,6-7,10-12H,1-3,5,8-9H2,(H,18,21). The van der Waals surface area contributed by atoms with Crippen LogP contribution in [-0.4, -0.2) is 22.6 Å². The zero-order valence-corrected chi connectivity index (χ0v) is 12.0. The highest BCUT2D eigenvalue weighted by Crippen LogP contribution is 2.19. The molecular weight excluding hydrogens is 262 g/mol. The number of fused-ring (bicyclic) bond motifs is 1. The van der Waals surface area contributed by atoms with Crippen molar-refractivity contribution in [2.75, 3.05) is 6.54 Å². The predicted octanol–water partition coefficient (Wildman–Crippen LogP) is 3.25. The number of aromatic nitrogens is 2.